The van der Waals surface area contributed by atoms with Gasteiger partial charge in [-0.1, -0.05) is 18.2 Å². The molecule has 1 aromatic carbocycles. The minimum absolute atomic E-state index is 0.304. The van der Waals surface area contributed by atoms with E-state index in [4.69, 9.17) is 14.2 Å². The van der Waals surface area contributed by atoms with Crippen LogP contribution in [0.1, 0.15) is 13.8 Å². The van der Waals surface area contributed by atoms with Crippen LogP contribution < -0.4 is 4.74 Å². The van der Waals surface area contributed by atoms with Gasteiger partial charge in [0.2, 0.25) is 0 Å². The molecule has 0 aliphatic rings. The van der Waals surface area contributed by atoms with Gasteiger partial charge in [-0.2, -0.15) is 0 Å². The molecule has 0 saturated heterocycles. The van der Waals surface area contributed by atoms with E-state index in [0.717, 1.165) is 5.75 Å². The van der Waals surface area contributed by atoms with Crippen LogP contribution in [0.25, 0.3) is 0 Å². The van der Waals surface area contributed by atoms with E-state index in [1.807, 2.05) is 44.2 Å². The number of ether oxygens (including phenoxy) is 3. The van der Waals surface area contributed by atoms with Crippen molar-refractivity contribution in [3.8, 4) is 5.75 Å². The van der Waals surface area contributed by atoms with E-state index in [1.165, 1.54) is 0 Å². The summed E-state index contributed by atoms with van der Waals surface area (Å²) in [5, 5.41) is 0. The molecule has 3 nitrogen and oxygen atoms in total. The fourth-order valence-electron chi connectivity index (χ4n) is 1.24. The Bertz CT molecular complexity index is 284. The lowest BCUT2D eigenvalue weighted by molar-refractivity contribution is -0.175. The van der Waals surface area contributed by atoms with E-state index in [2.05, 4.69) is 15.9 Å². The van der Waals surface area contributed by atoms with Crippen LogP contribution in [-0.2, 0) is 9.47 Å². The zero-order chi connectivity index (χ0) is 11.9. The molecule has 0 aliphatic heterocycles. The Kier molecular flexibility index (Phi) is 5.80. The molecule has 0 N–H and O–H groups in total. The molecule has 90 valence electrons. The second kappa shape index (κ2) is 6.89. The van der Waals surface area contributed by atoms with E-state index in [9.17, 15) is 0 Å². The SMILES string of the molecule is CCOC(Br)(COc1ccccc1)OCC. The third-order valence-electron chi connectivity index (χ3n) is 1.87. The monoisotopic (exact) mass is 288 g/mol. The highest BCUT2D eigenvalue weighted by molar-refractivity contribution is 9.10. The summed E-state index contributed by atoms with van der Waals surface area (Å²) in [5.74, 6) is 0.797. The van der Waals surface area contributed by atoms with Gasteiger partial charge in [-0.05, 0) is 41.9 Å². The smallest absolute Gasteiger partial charge is 0.261 e. The molecule has 0 unspecified atom stereocenters. The molecular formula is C12H17BrO3. The molecule has 0 saturated carbocycles. The lowest BCUT2D eigenvalue weighted by atomic mass is 10.3. The number of benzene rings is 1. The largest absolute Gasteiger partial charge is 0.487 e. The second-order valence-electron chi connectivity index (χ2n) is 3.13. The van der Waals surface area contributed by atoms with Gasteiger partial charge in [0.05, 0.1) is 0 Å². The van der Waals surface area contributed by atoms with Gasteiger partial charge in [0, 0.05) is 13.2 Å². The molecule has 0 spiro atoms. The van der Waals surface area contributed by atoms with Crippen LogP contribution in [0.15, 0.2) is 30.3 Å². The Morgan fingerprint density at radius 3 is 2.12 bits per heavy atom. The average Bonchev–Trinajstić information content (AvgIpc) is 2.29. The third kappa shape index (κ3) is 4.51. The summed E-state index contributed by atoms with van der Waals surface area (Å²) in [6, 6.07) is 9.58. The maximum atomic E-state index is 5.58. The Morgan fingerprint density at radius 1 is 1.06 bits per heavy atom. The van der Waals surface area contributed by atoms with Gasteiger partial charge in [0.25, 0.3) is 4.70 Å². The van der Waals surface area contributed by atoms with Crippen molar-refractivity contribution in [2.24, 2.45) is 0 Å². The molecule has 0 fully saturated rings. The van der Waals surface area contributed by atoms with Gasteiger partial charge in [0.1, 0.15) is 5.75 Å². The highest BCUT2D eigenvalue weighted by atomic mass is 79.9. The van der Waals surface area contributed by atoms with Crippen molar-refractivity contribution in [2.45, 2.75) is 18.5 Å². The van der Waals surface area contributed by atoms with Crippen molar-refractivity contribution in [2.75, 3.05) is 19.8 Å². The molecular weight excluding hydrogens is 272 g/mol. The summed E-state index contributed by atoms with van der Waals surface area (Å²) in [5.41, 5.74) is 0. The number of alkyl halides is 1. The molecule has 0 atom stereocenters. The van der Waals surface area contributed by atoms with E-state index >= 15 is 0 Å². The maximum absolute atomic E-state index is 5.58. The highest BCUT2D eigenvalue weighted by Crippen LogP contribution is 2.23. The van der Waals surface area contributed by atoms with Crippen molar-refractivity contribution >= 4 is 15.9 Å². The van der Waals surface area contributed by atoms with Crippen molar-refractivity contribution in [3.05, 3.63) is 30.3 Å². The van der Waals surface area contributed by atoms with Gasteiger partial charge in [-0.25, -0.2) is 0 Å². The molecule has 0 amide bonds. The minimum Gasteiger partial charge on any atom is -0.487 e. The molecule has 16 heavy (non-hydrogen) atoms. The van der Waals surface area contributed by atoms with Crippen LogP contribution in [-0.4, -0.2) is 24.5 Å². The highest BCUT2D eigenvalue weighted by Gasteiger charge is 2.28. The maximum Gasteiger partial charge on any atom is 0.261 e. The average molecular weight is 289 g/mol. The van der Waals surface area contributed by atoms with Gasteiger partial charge in [0.15, 0.2) is 6.61 Å². The summed E-state index contributed by atoms with van der Waals surface area (Å²) < 4.78 is 15.6. The first-order valence-corrected chi connectivity index (χ1v) is 6.14. The third-order valence-corrected chi connectivity index (χ3v) is 2.56. The lowest BCUT2D eigenvalue weighted by Gasteiger charge is -2.26. The number of hydrogen-bond acceptors (Lipinski definition) is 3. The number of halogens is 1. The predicted molar refractivity (Wildman–Crippen MR) is 66.8 cm³/mol. The molecule has 0 aliphatic carbocycles. The summed E-state index contributed by atoms with van der Waals surface area (Å²) in [4.78, 5) is 0. The standard InChI is InChI=1S/C12H17BrO3/c1-3-15-12(13,16-4-2)10-14-11-8-6-5-7-9-11/h5-9H,3-4,10H2,1-2H3. The number of para-hydroxylation sites is 1. The summed E-state index contributed by atoms with van der Waals surface area (Å²) in [7, 11) is 0. The second-order valence-corrected chi connectivity index (χ2v) is 4.34. The Labute approximate surface area is 105 Å². The van der Waals surface area contributed by atoms with E-state index in [0.29, 0.717) is 19.8 Å². The fourth-order valence-corrected chi connectivity index (χ4v) is 1.81. The normalized spacial score (nSPS) is 11.4. The van der Waals surface area contributed by atoms with Gasteiger partial charge in [-0.15, -0.1) is 0 Å². The van der Waals surface area contributed by atoms with Crippen LogP contribution in [0.4, 0.5) is 0 Å². The first-order chi connectivity index (χ1) is 7.70. The Hall–Kier alpha value is -0.580. The fraction of sp³-hybridized carbons (Fsp3) is 0.500. The van der Waals surface area contributed by atoms with Crippen LogP contribution in [0, 0.1) is 0 Å². The van der Waals surface area contributed by atoms with Crippen LogP contribution >= 0.6 is 15.9 Å². The van der Waals surface area contributed by atoms with E-state index < -0.39 is 4.70 Å². The van der Waals surface area contributed by atoms with Crippen molar-refractivity contribution in [3.63, 3.8) is 0 Å². The number of rotatable bonds is 7. The van der Waals surface area contributed by atoms with Crippen LogP contribution in [0.3, 0.4) is 0 Å². The molecule has 0 bridgehead atoms. The molecule has 1 rings (SSSR count). The van der Waals surface area contributed by atoms with Crippen LogP contribution in [0.5, 0.6) is 5.75 Å². The van der Waals surface area contributed by atoms with Crippen molar-refractivity contribution in [1.82, 2.24) is 0 Å². The van der Waals surface area contributed by atoms with Crippen LogP contribution in [0.2, 0.25) is 0 Å². The van der Waals surface area contributed by atoms with E-state index in [1.54, 1.807) is 0 Å². The Morgan fingerprint density at radius 2 is 1.62 bits per heavy atom. The lowest BCUT2D eigenvalue weighted by Crippen LogP contribution is -2.35. The summed E-state index contributed by atoms with van der Waals surface area (Å²) in [6.45, 7) is 5.25. The topological polar surface area (TPSA) is 27.7 Å². The first-order valence-electron chi connectivity index (χ1n) is 5.35. The molecule has 1 aromatic rings. The van der Waals surface area contributed by atoms with Crippen molar-refractivity contribution in [1.29, 1.82) is 0 Å². The zero-order valence-electron chi connectivity index (χ0n) is 9.61. The van der Waals surface area contributed by atoms with E-state index in [-0.39, 0.29) is 0 Å². The van der Waals surface area contributed by atoms with Gasteiger partial charge < -0.3 is 14.2 Å². The Balaban J connectivity index is 2.49. The van der Waals surface area contributed by atoms with Gasteiger partial charge >= 0.3 is 0 Å². The number of hydrogen-bond donors (Lipinski definition) is 0. The summed E-state index contributed by atoms with van der Waals surface area (Å²) in [6.07, 6.45) is 0. The first kappa shape index (κ1) is 13.5. The van der Waals surface area contributed by atoms with Gasteiger partial charge in [-0.3, -0.25) is 0 Å². The molecule has 0 radical (unpaired) electrons. The summed E-state index contributed by atoms with van der Waals surface area (Å²) >= 11 is 3.39. The predicted octanol–water partition coefficient (Wildman–Crippen LogP) is 3.19. The molecule has 0 aromatic heterocycles. The quantitative estimate of drug-likeness (QED) is 0.570. The minimum atomic E-state index is -0.855. The molecule has 0 heterocycles. The molecule has 4 heteroatoms. The zero-order valence-corrected chi connectivity index (χ0v) is 11.2. The van der Waals surface area contributed by atoms with Crippen molar-refractivity contribution < 1.29 is 14.2 Å².